The Morgan fingerprint density at radius 1 is 0.806 bits per heavy atom. The van der Waals surface area contributed by atoms with E-state index in [1.165, 1.54) is 50.5 Å². The number of anilines is 1. The van der Waals surface area contributed by atoms with E-state index in [9.17, 15) is 4.79 Å². The summed E-state index contributed by atoms with van der Waals surface area (Å²) in [6.45, 7) is 0. The van der Waals surface area contributed by atoms with Crippen molar-refractivity contribution in [3.63, 3.8) is 0 Å². The van der Waals surface area contributed by atoms with Crippen LogP contribution in [-0.2, 0) is 11.2 Å². The van der Waals surface area contributed by atoms with E-state index < -0.39 is 5.97 Å². The van der Waals surface area contributed by atoms with Crippen LogP contribution < -0.4 is 5.32 Å². The van der Waals surface area contributed by atoms with Gasteiger partial charge in [0.25, 0.3) is 0 Å². The smallest absolute Gasteiger partial charge is 0.303 e. The Morgan fingerprint density at radius 3 is 2.19 bits per heavy atom. The van der Waals surface area contributed by atoms with Crippen molar-refractivity contribution >= 4 is 40.6 Å². The highest BCUT2D eigenvalue weighted by atomic mass is 32.2. The number of carboxylic acid groups (broad SMARTS) is 1. The van der Waals surface area contributed by atoms with E-state index >= 15 is 0 Å². The topological polar surface area (TPSA) is 49.3 Å². The minimum absolute atomic E-state index is 0.216. The van der Waals surface area contributed by atoms with E-state index in [0.717, 1.165) is 34.2 Å². The highest BCUT2D eigenvalue weighted by Crippen LogP contribution is 2.28. The van der Waals surface area contributed by atoms with Crippen LogP contribution in [0.25, 0.3) is 0 Å². The molecule has 0 saturated carbocycles. The largest absolute Gasteiger partial charge is 0.481 e. The number of rotatable bonds is 16. The van der Waals surface area contributed by atoms with Crippen molar-refractivity contribution in [3.8, 4) is 0 Å². The third-order valence-corrected chi connectivity index (χ3v) is 6.63. The molecule has 0 aliphatic carbocycles. The molecule has 0 fully saturated rings. The summed E-state index contributed by atoms with van der Waals surface area (Å²) in [6, 6.07) is 18.9. The number of aryl methyl sites for hydroxylation is 1. The van der Waals surface area contributed by atoms with Gasteiger partial charge in [0, 0.05) is 11.3 Å². The van der Waals surface area contributed by atoms with Gasteiger partial charge in [-0.3, -0.25) is 4.79 Å². The quantitative estimate of drug-likeness (QED) is 0.153. The molecular formula is C26H35NO2S2. The molecule has 2 rings (SSSR count). The molecule has 0 amide bonds. The van der Waals surface area contributed by atoms with Crippen LogP contribution in [0.3, 0.4) is 0 Å². The molecule has 0 spiro atoms. The Kier molecular flexibility index (Phi) is 13.0. The summed E-state index contributed by atoms with van der Waals surface area (Å²) in [5, 5.41) is 12.2. The maximum atomic E-state index is 10.7. The van der Waals surface area contributed by atoms with Crippen molar-refractivity contribution in [2.45, 2.75) is 75.5 Å². The molecule has 0 atom stereocenters. The predicted molar refractivity (Wildman–Crippen MR) is 137 cm³/mol. The maximum Gasteiger partial charge on any atom is 0.303 e. The predicted octanol–water partition coefficient (Wildman–Crippen LogP) is 7.75. The van der Waals surface area contributed by atoms with Crippen molar-refractivity contribution in [3.05, 3.63) is 60.2 Å². The van der Waals surface area contributed by atoms with Crippen molar-refractivity contribution < 1.29 is 9.90 Å². The number of carboxylic acids is 1. The fourth-order valence-corrected chi connectivity index (χ4v) is 4.67. The van der Waals surface area contributed by atoms with E-state index in [2.05, 4.69) is 41.7 Å². The number of hydrogen-bond acceptors (Lipinski definition) is 3. The fourth-order valence-electron chi connectivity index (χ4n) is 3.46. The lowest BCUT2D eigenvalue weighted by molar-refractivity contribution is -0.137. The molecule has 3 nitrogen and oxygen atoms in total. The molecule has 2 N–H and O–H groups in total. The summed E-state index contributed by atoms with van der Waals surface area (Å²) in [5.41, 5.74) is 2.48. The second kappa shape index (κ2) is 15.9. The van der Waals surface area contributed by atoms with E-state index in [4.69, 9.17) is 17.3 Å². The molecular weight excluding hydrogens is 422 g/mol. The summed E-state index contributed by atoms with van der Waals surface area (Å²) in [7, 11) is 0. The zero-order valence-corrected chi connectivity index (χ0v) is 20.0. The van der Waals surface area contributed by atoms with Crippen LogP contribution in [0.5, 0.6) is 0 Å². The van der Waals surface area contributed by atoms with Crippen molar-refractivity contribution in [2.24, 2.45) is 0 Å². The lowest BCUT2D eigenvalue weighted by atomic mass is 10.0. The third-order valence-electron chi connectivity index (χ3n) is 5.17. The number of para-hydroxylation sites is 1. The third kappa shape index (κ3) is 11.9. The first kappa shape index (κ1) is 25.4. The maximum absolute atomic E-state index is 10.7. The number of thiocarbonyl (C=S) groups is 1. The van der Waals surface area contributed by atoms with Crippen molar-refractivity contribution in [1.29, 1.82) is 0 Å². The van der Waals surface area contributed by atoms with Gasteiger partial charge in [0.05, 0.1) is 10.7 Å². The number of aliphatic carboxylic acids is 1. The molecule has 168 valence electrons. The monoisotopic (exact) mass is 457 g/mol. The van der Waals surface area contributed by atoms with Gasteiger partial charge < -0.3 is 10.4 Å². The molecule has 0 unspecified atom stereocenters. The summed E-state index contributed by atoms with van der Waals surface area (Å²) < 4.78 is 0. The number of thioether (sulfide) groups is 1. The first-order valence-electron chi connectivity index (χ1n) is 11.4. The van der Waals surface area contributed by atoms with Crippen LogP contribution in [0.2, 0.25) is 0 Å². The van der Waals surface area contributed by atoms with Crippen molar-refractivity contribution in [2.75, 3.05) is 11.1 Å². The van der Waals surface area contributed by atoms with Crippen LogP contribution in [0.4, 0.5) is 5.69 Å². The molecule has 5 heteroatoms. The van der Waals surface area contributed by atoms with Gasteiger partial charge in [-0.25, -0.2) is 0 Å². The van der Waals surface area contributed by atoms with Crippen LogP contribution in [0.1, 0.15) is 69.8 Å². The van der Waals surface area contributed by atoms with Gasteiger partial charge in [-0.05, 0) is 55.6 Å². The molecule has 31 heavy (non-hydrogen) atoms. The van der Waals surface area contributed by atoms with E-state index in [1.54, 1.807) is 11.8 Å². The van der Waals surface area contributed by atoms with E-state index in [-0.39, 0.29) is 6.42 Å². The Labute approximate surface area is 197 Å². The van der Waals surface area contributed by atoms with Gasteiger partial charge in [-0.15, -0.1) is 11.8 Å². The lowest BCUT2D eigenvalue weighted by Crippen LogP contribution is -2.09. The van der Waals surface area contributed by atoms with E-state index in [0.29, 0.717) is 6.42 Å². The molecule has 0 aromatic heterocycles. The minimum atomic E-state index is -0.736. The highest BCUT2D eigenvalue weighted by Gasteiger charge is 2.06. The summed E-state index contributed by atoms with van der Waals surface area (Å²) in [5.74, 6) is 0.0590. The molecule has 0 radical (unpaired) electrons. The number of unbranched alkanes of at least 4 members (excludes halogenated alkanes) is 6. The van der Waals surface area contributed by atoms with Crippen LogP contribution in [-0.4, -0.2) is 21.8 Å². The van der Waals surface area contributed by atoms with Gasteiger partial charge in [-0.2, -0.15) is 0 Å². The first-order valence-corrected chi connectivity index (χ1v) is 12.8. The molecule has 0 saturated heterocycles. The number of carbonyl (C=O) groups is 1. The molecule has 2 aromatic carbocycles. The molecule has 0 aliphatic heterocycles. The molecule has 0 heterocycles. The highest BCUT2D eigenvalue weighted by molar-refractivity contribution is 7.99. The molecule has 0 aliphatic rings. The summed E-state index contributed by atoms with van der Waals surface area (Å²) in [6.07, 6.45) is 11.9. The second-order valence-electron chi connectivity index (χ2n) is 7.85. The lowest BCUT2D eigenvalue weighted by Gasteiger charge is -2.12. The number of nitrogens with one attached hydrogen (secondary N) is 1. The van der Waals surface area contributed by atoms with Crippen LogP contribution in [0.15, 0.2) is 59.5 Å². The fraction of sp³-hybridized carbons (Fsp3) is 0.462. The second-order valence-corrected chi connectivity index (χ2v) is 9.48. The van der Waals surface area contributed by atoms with Gasteiger partial charge in [0.15, 0.2) is 0 Å². The minimum Gasteiger partial charge on any atom is -0.481 e. The zero-order chi connectivity index (χ0) is 22.2. The first-order chi connectivity index (χ1) is 15.1. The van der Waals surface area contributed by atoms with E-state index in [1.807, 2.05) is 18.2 Å². The van der Waals surface area contributed by atoms with Crippen LogP contribution in [0, 0.1) is 0 Å². The normalized spacial score (nSPS) is 10.7. The number of benzene rings is 2. The average molecular weight is 458 g/mol. The Morgan fingerprint density at radius 2 is 1.45 bits per heavy atom. The van der Waals surface area contributed by atoms with Gasteiger partial charge in [-0.1, -0.05) is 86.8 Å². The molecule has 0 bridgehead atoms. The summed E-state index contributed by atoms with van der Waals surface area (Å²) >= 11 is 7.23. The zero-order valence-electron chi connectivity index (χ0n) is 18.4. The Hall–Kier alpha value is -1.85. The number of hydrogen-bond donors (Lipinski definition) is 2. The van der Waals surface area contributed by atoms with Gasteiger partial charge >= 0.3 is 5.97 Å². The summed E-state index contributed by atoms with van der Waals surface area (Å²) in [4.78, 5) is 12.7. The average Bonchev–Trinajstić information content (AvgIpc) is 2.77. The SMILES string of the molecule is O=C(O)CCCSc1ccccc1NC(=S)CCCCCCCCCc1ccccc1. The Bertz CT molecular complexity index is 780. The van der Waals surface area contributed by atoms with Crippen LogP contribution >= 0.6 is 24.0 Å². The molecule has 2 aromatic rings. The van der Waals surface area contributed by atoms with Gasteiger partial charge in [0.1, 0.15) is 0 Å². The van der Waals surface area contributed by atoms with Gasteiger partial charge in [0.2, 0.25) is 0 Å². The van der Waals surface area contributed by atoms with Crippen molar-refractivity contribution in [1.82, 2.24) is 0 Å². The Balaban J connectivity index is 1.52. The standard InChI is InChI=1S/C26H35NO2S2/c28-26(29)20-13-21-31-24-18-12-11-17-23(24)27-25(30)19-10-5-3-1-2-4-7-14-22-15-8-6-9-16-22/h6,8-9,11-12,15-18H,1-5,7,10,13-14,19-21H2,(H,27,30)(H,28,29).